The first-order valence-corrected chi connectivity index (χ1v) is 8.40. The van der Waals surface area contributed by atoms with Gasteiger partial charge in [0.1, 0.15) is 5.75 Å². The molecule has 1 amide bonds. The number of benzene rings is 2. The number of anilines is 1. The minimum atomic E-state index is -3.81. The number of hydroxylamine groups is 1. The van der Waals surface area contributed by atoms with Crippen LogP contribution in [0.5, 0.6) is 5.75 Å². The number of nitrogens with zero attached hydrogens (tertiary/aromatic N) is 1. The molecular formula is C16H18N2O5S. The lowest BCUT2D eigenvalue weighted by molar-refractivity contribution is 0.0537. The molecule has 0 unspecified atom stereocenters. The van der Waals surface area contributed by atoms with Crippen molar-refractivity contribution < 1.29 is 22.8 Å². The summed E-state index contributed by atoms with van der Waals surface area (Å²) < 4.78 is 31.7. The zero-order valence-corrected chi connectivity index (χ0v) is 14.3. The standard InChI is InChI=1S/C16H18N2O5S/c1-18(13-7-9-14(22-2)10-8-13)24(20,21)15-6-4-5-12(11-15)16(19)17-23-3/h4-11H,1-3H3,(H,17,19). The van der Waals surface area contributed by atoms with Crippen LogP contribution in [0, 0.1) is 0 Å². The second-order valence-electron chi connectivity index (χ2n) is 4.83. The molecule has 0 fully saturated rings. The van der Waals surface area contributed by atoms with E-state index < -0.39 is 15.9 Å². The number of hydrogen-bond donors (Lipinski definition) is 1. The normalized spacial score (nSPS) is 11.0. The van der Waals surface area contributed by atoms with E-state index in [2.05, 4.69) is 10.3 Å². The Morgan fingerprint density at radius 3 is 2.33 bits per heavy atom. The highest BCUT2D eigenvalue weighted by molar-refractivity contribution is 7.92. The van der Waals surface area contributed by atoms with Gasteiger partial charge in [-0.2, -0.15) is 0 Å². The molecule has 0 saturated heterocycles. The van der Waals surface area contributed by atoms with E-state index in [0.717, 1.165) is 4.31 Å². The second kappa shape index (κ2) is 7.33. The molecule has 2 rings (SSSR count). The van der Waals surface area contributed by atoms with Gasteiger partial charge < -0.3 is 4.74 Å². The number of ether oxygens (including phenoxy) is 1. The number of hydrogen-bond acceptors (Lipinski definition) is 5. The molecule has 7 nitrogen and oxygen atoms in total. The Balaban J connectivity index is 2.35. The van der Waals surface area contributed by atoms with E-state index in [0.29, 0.717) is 11.4 Å². The molecular weight excluding hydrogens is 332 g/mol. The first-order valence-electron chi connectivity index (χ1n) is 6.96. The van der Waals surface area contributed by atoms with E-state index in [4.69, 9.17) is 4.74 Å². The van der Waals surface area contributed by atoms with Gasteiger partial charge in [0.25, 0.3) is 15.9 Å². The third kappa shape index (κ3) is 3.66. The first kappa shape index (κ1) is 17.8. The van der Waals surface area contributed by atoms with Crippen molar-refractivity contribution in [2.24, 2.45) is 0 Å². The van der Waals surface area contributed by atoms with Gasteiger partial charge in [-0.3, -0.25) is 13.9 Å². The number of amides is 1. The summed E-state index contributed by atoms with van der Waals surface area (Å²) in [7, 11) is 0.468. The van der Waals surface area contributed by atoms with Crippen LogP contribution in [0.2, 0.25) is 0 Å². The van der Waals surface area contributed by atoms with Crippen LogP contribution in [0.1, 0.15) is 10.4 Å². The minimum absolute atomic E-state index is 0.00423. The Morgan fingerprint density at radius 2 is 1.75 bits per heavy atom. The van der Waals surface area contributed by atoms with Gasteiger partial charge in [-0.15, -0.1) is 0 Å². The first-order chi connectivity index (χ1) is 11.4. The lowest BCUT2D eigenvalue weighted by atomic mass is 10.2. The monoisotopic (exact) mass is 350 g/mol. The summed E-state index contributed by atoms with van der Waals surface area (Å²) in [5.74, 6) is 0.101. The van der Waals surface area contributed by atoms with E-state index in [1.807, 2.05) is 0 Å². The number of carbonyl (C=O) groups is 1. The summed E-state index contributed by atoms with van der Waals surface area (Å²) in [6, 6.07) is 12.3. The fraction of sp³-hybridized carbons (Fsp3) is 0.188. The van der Waals surface area contributed by atoms with Crippen molar-refractivity contribution in [3.8, 4) is 5.75 Å². The van der Waals surface area contributed by atoms with Gasteiger partial charge >= 0.3 is 0 Å². The van der Waals surface area contributed by atoms with Crippen LogP contribution in [-0.2, 0) is 14.9 Å². The van der Waals surface area contributed by atoms with Gasteiger partial charge in [-0.25, -0.2) is 13.9 Å². The van der Waals surface area contributed by atoms with Crippen LogP contribution in [0.25, 0.3) is 0 Å². The topological polar surface area (TPSA) is 84.9 Å². The average molecular weight is 350 g/mol. The number of nitrogens with one attached hydrogen (secondary N) is 1. The van der Waals surface area contributed by atoms with Crippen molar-refractivity contribution in [2.45, 2.75) is 4.90 Å². The highest BCUT2D eigenvalue weighted by Crippen LogP contribution is 2.24. The number of methoxy groups -OCH3 is 1. The molecule has 0 saturated carbocycles. The lowest BCUT2D eigenvalue weighted by Crippen LogP contribution is -2.27. The zero-order valence-electron chi connectivity index (χ0n) is 13.5. The number of carbonyl (C=O) groups excluding carboxylic acids is 1. The summed E-state index contributed by atoms with van der Waals surface area (Å²) in [5, 5.41) is 0. The second-order valence-corrected chi connectivity index (χ2v) is 6.80. The molecule has 128 valence electrons. The highest BCUT2D eigenvalue weighted by Gasteiger charge is 2.22. The predicted molar refractivity (Wildman–Crippen MR) is 89.5 cm³/mol. The molecule has 0 bridgehead atoms. The Kier molecular flexibility index (Phi) is 5.42. The molecule has 0 radical (unpaired) electrons. The molecule has 0 spiro atoms. The highest BCUT2D eigenvalue weighted by atomic mass is 32.2. The van der Waals surface area contributed by atoms with Crippen molar-refractivity contribution in [1.82, 2.24) is 5.48 Å². The Hall–Kier alpha value is -2.58. The maximum absolute atomic E-state index is 12.8. The molecule has 2 aromatic carbocycles. The van der Waals surface area contributed by atoms with Crippen molar-refractivity contribution in [1.29, 1.82) is 0 Å². The number of rotatable bonds is 6. The molecule has 0 aliphatic carbocycles. The van der Waals surface area contributed by atoms with Crippen LogP contribution in [-0.4, -0.2) is 35.6 Å². The van der Waals surface area contributed by atoms with E-state index in [-0.39, 0.29) is 10.5 Å². The van der Waals surface area contributed by atoms with Crippen LogP contribution in [0.3, 0.4) is 0 Å². The maximum Gasteiger partial charge on any atom is 0.274 e. The zero-order chi connectivity index (χ0) is 17.7. The van der Waals surface area contributed by atoms with Crippen molar-refractivity contribution in [3.05, 3.63) is 54.1 Å². The van der Waals surface area contributed by atoms with Gasteiger partial charge in [-0.05, 0) is 42.5 Å². The average Bonchev–Trinajstić information content (AvgIpc) is 2.61. The summed E-state index contributed by atoms with van der Waals surface area (Å²) in [4.78, 5) is 16.3. The molecule has 1 N–H and O–H groups in total. The Bertz CT molecular complexity index is 819. The Labute approximate surface area is 140 Å². The molecule has 8 heteroatoms. The Morgan fingerprint density at radius 1 is 1.08 bits per heavy atom. The summed E-state index contributed by atoms with van der Waals surface area (Å²) in [5.41, 5.74) is 2.81. The van der Waals surface area contributed by atoms with Crippen LogP contribution in [0.15, 0.2) is 53.4 Å². The largest absolute Gasteiger partial charge is 0.497 e. The van der Waals surface area contributed by atoms with Crippen LogP contribution in [0.4, 0.5) is 5.69 Å². The molecule has 0 aliphatic heterocycles. The molecule has 2 aromatic rings. The summed E-state index contributed by atoms with van der Waals surface area (Å²) >= 11 is 0. The molecule has 0 heterocycles. The fourth-order valence-corrected chi connectivity index (χ4v) is 3.28. The molecule has 0 aromatic heterocycles. The SMILES string of the molecule is CONC(=O)c1cccc(S(=O)(=O)N(C)c2ccc(OC)cc2)c1. The molecule has 0 aliphatic rings. The molecule has 0 atom stereocenters. The third-order valence-electron chi connectivity index (χ3n) is 3.39. The van der Waals surface area contributed by atoms with E-state index >= 15 is 0 Å². The van der Waals surface area contributed by atoms with E-state index in [9.17, 15) is 13.2 Å². The van der Waals surface area contributed by atoms with Gasteiger partial charge in [0, 0.05) is 12.6 Å². The third-order valence-corrected chi connectivity index (χ3v) is 5.17. The fourth-order valence-electron chi connectivity index (χ4n) is 2.04. The summed E-state index contributed by atoms with van der Waals surface area (Å²) in [6.45, 7) is 0. The minimum Gasteiger partial charge on any atom is -0.497 e. The van der Waals surface area contributed by atoms with Gasteiger partial charge in [0.15, 0.2) is 0 Å². The predicted octanol–water partition coefficient (Wildman–Crippen LogP) is 1.81. The van der Waals surface area contributed by atoms with Gasteiger partial charge in [0.05, 0.1) is 24.8 Å². The van der Waals surface area contributed by atoms with Gasteiger partial charge in [-0.1, -0.05) is 6.07 Å². The lowest BCUT2D eigenvalue weighted by Gasteiger charge is -2.20. The van der Waals surface area contributed by atoms with Crippen LogP contribution >= 0.6 is 0 Å². The smallest absolute Gasteiger partial charge is 0.274 e. The number of sulfonamides is 1. The molecule has 24 heavy (non-hydrogen) atoms. The van der Waals surface area contributed by atoms with Crippen LogP contribution < -0.4 is 14.5 Å². The van der Waals surface area contributed by atoms with E-state index in [1.165, 1.54) is 45.5 Å². The van der Waals surface area contributed by atoms with Crippen molar-refractivity contribution in [2.75, 3.05) is 25.6 Å². The maximum atomic E-state index is 12.8. The van der Waals surface area contributed by atoms with Gasteiger partial charge in [0.2, 0.25) is 0 Å². The quantitative estimate of drug-likeness (QED) is 0.803. The summed E-state index contributed by atoms with van der Waals surface area (Å²) in [6.07, 6.45) is 0. The van der Waals surface area contributed by atoms with Crippen molar-refractivity contribution in [3.63, 3.8) is 0 Å². The van der Waals surface area contributed by atoms with E-state index in [1.54, 1.807) is 24.3 Å². The van der Waals surface area contributed by atoms with Crippen molar-refractivity contribution >= 4 is 21.6 Å².